The molecule has 0 aliphatic heterocycles. The van der Waals surface area contributed by atoms with Crippen molar-refractivity contribution in [3.63, 3.8) is 0 Å². The van der Waals surface area contributed by atoms with Gasteiger partial charge < -0.3 is 0 Å². The van der Waals surface area contributed by atoms with Crippen LogP contribution < -0.4 is 10.6 Å². The zero-order chi connectivity index (χ0) is 12.7. The summed E-state index contributed by atoms with van der Waals surface area (Å²) in [4.78, 5) is 4.35. The van der Waals surface area contributed by atoms with Gasteiger partial charge in [0, 0.05) is 6.20 Å². The van der Waals surface area contributed by atoms with Crippen LogP contribution in [0.1, 0.15) is 38.2 Å². The average Bonchev–Trinajstić information content (AvgIpc) is 2.30. The molecule has 1 aromatic heterocycles. The van der Waals surface area contributed by atoms with Crippen molar-refractivity contribution < 1.29 is 0 Å². The van der Waals surface area contributed by atoms with Crippen molar-refractivity contribution >= 4 is 13.2 Å². The third-order valence-corrected chi connectivity index (χ3v) is 2.73. The predicted octanol–water partition coefficient (Wildman–Crippen LogP) is 2.93. The first-order chi connectivity index (χ1) is 8.13. The number of nitrogens with zero attached hydrogens (tertiary/aromatic N) is 1. The van der Waals surface area contributed by atoms with Gasteiger partial charge >= 0.3 is 0 Å². The lowest BCUT2D eigenvalue weighted by Gasteiger charge is -2.07. The molecular weight excluding hydrogens is 206 g/mol. The molecule has 90 valence electrons. The highest BCUT2D eigenvalue weighted by Gasteiger charge is 2.01. The molecule has 1 rings (SSSR count). The van der Waals surface area contributed by atoms with Crippen LogP contribution in [0.4, 0.5) is 0 Å². The van der Waals surface area contributed by atoms with Crippen molar-refractivity contribution in [3.8, 4) is 0 Å². The van der Waals surface area contributed by atoms with Crippen molar-refractivity contribution in [2.24, 2.45) is 0 Å². The molecule has 0 aliphatic carbocycles. The van der Waals surface area contributed by atoms with Crippen molar-refractivity contribution in [3.05, 3.63) is 52.7 Å². The van der Waals surface area contributed by atoms with Gasteiger partial charge in [0.05, 0.1) is 5.35 Å². The molecule has 0 amide bonds. The SMILES string of the molecule is C=c1ccccc(=C)ncc(C(C)CCC)c1. The zero-order valence-electron chi connectivity index (χ0n) is 10.8. The summed E-state index contributed by atoms with van der Waals surface area (Å²) < 4.78 is 0. The first-order valence-corrected chi connectivity index (χ1v) is 6.11. The third-order valence-electron chi connectivity index (χ3n) is 2.73. The van der Waals surface area contributed by atoms with Crippen molar-refractivity contribution in [1.29, 1.82) is 0 Å². The summed E-state index contributed by atoms with van der Waals surface area (Å²) in [5.74, 6) is 0.505. The van der Waals surface area contributed by atoms with Crippen LogP contribution >= 0.6 is 0 Å². The van der Waals surface area contributed by atoms with Gasteiger partial charge in [-0.2, -0.15) is 0 Å². The van der Waals surface area contributed by atoms with Gasteiger partial charge in [0.25, 0.3) is 0 Å². The lowest BCUT2D eigenvalue weighted by atomic mass is 9.98. The summed E-state index contributed by atoms with van der Waals surface area (Å²) in [5.41, 5.74) is 1.22. The Labute approximate surface area is 104 Å². The van der Waals surface area contributed by atoms with Gasteiger partial charge in [0.15, 0.2) is 0 Å². The van der Waals surface area contributed by atoms with Gasteiger partial charge in [-0.25, -0.2) is 0 Å². The maximum atomic E-state index is 4.35. The number of rotatable bonds is 3. The van der Waals surface area contributed by atoms with Gasteiger partial charge in [-0.1, -0.05) is 57.7 Å². The topological polar surface area (TPSA) is 12.9 Å². The zero-order valence-corrected chi connectivity index (χ0v) is 10.8. The van der Waals surface area contributed by atoms with E-state index in [-0.39, 0.29) is 0 Å². The van der Waals surface area contributed by atoms with Gasteiger partial charge in [-0.05, 0) is 29.2 Å². The Kier molecular flexibility index (Phi) is 5.41. The number of aromatic nitrogens is 1. The molecule has 0 aliphatic rings. The maximum Gasteiger partial charge on any atom is 0.0557 e. The summed E-state index contributed by atoms with van der Waals surface area (Å²) in [6.45, 7) is 12.3. The Balaban J connectivity index is 3.34. The average molecular weight is 227 g/mol. The van der Waals surface area contributed by atoms with Crippen LogP contribution in [0, 0.1) is 0 Å². The largest absolute Gasteiger partial charge is 0.257 e. The van der Waals surface area contributed by atoms with E-state index in [4.69, 9.17) is 0 Å². The molecule has 0 saturated carbocycles. The monoisotopic (exact) mass is 227 g/mol. The summed E-state index contributed by atoms with van der Waals surface area (Å²) in [7, 11) is 0. The second-order valence-corrected chi connectivity index (χ2v) is 4.38. The molecule has 0 radical (unpaired) electrons. The summed E-state index contributed by atoms with van der Waals surface area (Å²) >= 11 is 0. The Morgan fingerprint density at radius 2 is 1.94 bits per heavy atom. The van der Waals surface area contributed by atoms with Crippen LogP contribution in [-0.2, 0) is 0 Å². The Bertz CT molecular complexity index is 503. The van der Waals surface area contributed by atoms with Crippen molar-refractivity contribution in [2.45, 2.75) is 32.6 Å². The predicted molar refractivity (Wildman–Crippen MR) is 75.5 cm³/mol. The van der Waals surface area contributed by atoms with E-state index in [1.165, 1.54) is 12.0 Å². The molecule has 1 aromatic rings. The molecule has 0 aromatic carbocycles. The van der Waals surface area contributed by atoms with E-state index in [0.29, 0.717) is 5.92 Å². The standard InChI is InChI=1S/C16H21N/c1-5-8-14(3)16-11-13(2)9-6-7-10-15(4)17-12-16/h6-7,9-12,14H,2,4-5,8H2,1,3H3. The van der Waals surface area contributed by atoms with E-state index < -0.39 is 0 Å². The van der Waals surface area contributed by atoms with Gasteiger partial charge in [-0.15, -0.1) is 0 Å². The second kappa shape index (κ2) is 6.85. The summed E-state index contributed by atoms with van der Waals surface area (Å²) in [5, 5.41) is 1.78. The minimum atomic E-state index is 0.505. The van der Waals surface area contributed by atoms with Crippen LogP contribution in [-0.4, -0.2) is 4.98 Å². The molecule has 1 heteroatoms. The molecule has 17 heavy (non-hydrogen) atoms. The molecule has 0 bridgehead atoms. The molecule has 0 spiro atoms. The van der Waals surface area contributed by atoms with E-state index in [2.05, 4.69) is 38.1 Å². The Hall–Kier alpha value is -1.63. The molecule has 0 N–H and O–H groups in total. The Morgan fingerprint density at radius 1 is 1.24 bits per heavy atom. The van der Waals surface area contributed by atoms with Gasteiger partial charge in [-0.3, -0.25) is 4.98 Å². The fourth-order valence-electron chi connectivity index (χ4n) is 1.71. The molecule has 1 nitrogen and oxygen atoms in total. The first-order valence-electron chi connectivity index (χ1n) is 6.11. The smallest absolute Gasteiger partial charge is 0.0557 e. The van der Waals surface area contributed by atoms with E-state index in [0.717, 1.165) is 17.0 Å². The van der Waals surface area contributed by atoms with E-state index in [1.54, 1.807) is 0 Å². The van der Waals surface area contributed by atoms with Crippen LogP contribution in [0.25, 0.3) is 13.2 Å². The highest BCUT2D eigenvalue weighted by molar-refractivity contribution is 5.17. The van der Waals surface area contributed by atoms with Crippen molar-refractivity contribution in [1.82, 2.24) is 4.98 Å². The highest BCUT2D eigenvalue weighted by Crippen LogP contribution is 2.16. The quantitative estimate of drug-likeness (QED) is 0.773. The van der Waals surface area contributed by atoms with E-state index in [9.17, 15) is 0 Å². The first kappa shape index (κ1) is 13.4. The highest BCUT2D eigenvalue weighted by atomic mass is 14.6. The fourth-order valence-corrected chi connectivity index (χ4v) is 1.71. The van der Waals surface area contributed by atoms with E-state index in [1.807, 2.05) is 30.5 Å². The van der Waals surface area contributed by atoms with Crippen LogP contribution in [0.2, 0.25) is 0 Å². The molecule has 0 fully saturated rings. The lowest BCUT2D eigenvalue weighted by molar-refractivity contribution is 0.663. The van der Waals surface area contributed by atoms with Gasteiger partial charge in [0.2, 0.25) is 0 Å². The summed E-state index contributed by atoms with van der Waals surface area (Å²) in [6.07, 6.45) is 4.25. The fraction of sp³-hybridized carbons (Fsp3) is 0.312. The summed E-state index contributed by atoms with van der Waals surface area (Å²) in [6, 6.07) is 9.90. The minimum Gasteiger partial charge on any atom is -0.257 e. The molecule has 1 unspecified atom stereocenters. The number of hydrogen-bond donors (Lipinski definition) is 0. The van der Waals surface area contributed by atoms with E-state index >= 15 is 0 Å². The maximum absolute atomic E-state index is 4.35. The Morgan fingerprint density at radius 3 is 2.65 bits per heavy atom. The van der Waals surface area contributed by atoms with Crippen molar-refractivity contribution in [2.75, 3.05) is 0 Å². The van der Waals surface area contributed by atoms with Crippen LogP contribution in [0.15, 0.2) is 36.5 Å². The number of hydrogen-bond acceptors (Lipinski definition) is 1. The van der Waals surface area contributed by atoms with Crippen LogP contribution in [0.3, 0.4) is 0 Å². The molecule has 1 heterocycles. The lowest BCUT2D eigenvalue weighted by Crippen LogP contribution is -2.03. The normalized spacial score (nSPS) is 11.6. The second-order valence-electron chi connectivity index (χ2n) is 4.38. The van der Waals surface area contributed by atoms with Gasteiger partial charge in [0.1, 0.15) is 0 Å². The van der Waals surface area contributed by atoms with Crippen LogP contribution in [0.5, 0.6) is 0 Å². The molecule has 0 saturated heterocycles. The molecular formula is C16H21N. The third kappa shape index (κ3) is 4.81. The molecule has 1 atom stereocenters. The minimum absolute atomic E-state index is 0.505.